The van der Waals surface area contributed by atoms with Crippen molar-refractivity contribution in [2.45, 2.75) is 64.0 Å². The fraction of sp³-hybridized carbons (Fsp3) is 0.444. The summed E-state index contributed by atoms with van der Waals surface area (Å²) in [5, 5.41) is 14.7. The maximum atomic E-state index is 13.0. The summed E-state index contributed by atoms with van der Waals surface area (Å²) in [6.45, 7) is 3.88. The highest BCUT2D eigenvalue weighted by atomic mass is 16.5. The van der Waals surface area contributed by atoms with Crippen LogP contribution in [-0.4, -0.2) is 41.8 Å². The highest BCUT2D eigenvalue weighted by Gasteiger charge is 2.46. The third kappa shape index (κ3) is 4.79. The summed E-state index contributed by atoms with van der Waals surface area (Å²) in [5.74, 6) is -1.07. The van der Waals surface area contributed by atoms with E-state index in [1.807, 2.05) is 31.2 Å². The van der Waals surface area contributed by atoms with E-state index in [9.17, 15) is 14.4 Å². The summed E-state index contributed by atoms with van der Waals surface area (Å²) >= 11 is 0. The van der Waals surface area contributed by atoms with Crippen molar-refractivity contribution in [1.82, 2.24) is 10.6 Å². The highest BCUT2D eigenvalue weighted by Crippen LogP contribution is 2.44. The van der Waals surface area contributed by atoms with Crippen molar-refractivity contribution in [3.8, 4) is 11.1 Å². The molecule has 0 bridgehead atoms. The fourth-order valence-corrected chi connectivity index (χ4v) is 5.25. The minimum Gasteiger partial charge on any atom is -0.481 e. The Morgan fingerprint density at radius 2 is 1.71 bits per heavy atom. The monoisotopic (exact) mass is 464 g/mol. The largest absolute Gasteiger partial charge is 0.481 e. The first-order valence-corrected chi connectivity index (χ1v) is 11.9. The van der Waals surface area contributed by atoms with Gasteiger partial charge in [0.15, 0.2) is 0 Å². The Hall–Kier alpha value is -3.35. The van der Waals surface area contributed by atoms with Gasteiger partial charge < -0.3 is 20.5 Å². The fourth-order valence-electron chi connectivity index (χ4n) is 5.25. The average molecular weight is 465 g/mol. The van der Waals surface area contributed by atoms with Crippen LogP contribution in [0, 0.1) is 5.41 Å². The second-order valence-corrected chi connectivity index (χ2v) is 9.64. The van der Waals surface area contributed by atoms with E-state index >= 15 is 0 Å². The molecular formula is C27H32N2O5. The van der Waals surface area contributed by atoms with Crippen molar-refractivity contribution >= 4 is 18.0 Å². The van der Waals surface area contributed by atoms with Crippen molar-refractivity contribution in [3.05, 3.63) is 59.7 Å². The first-order valence-electron chi connectivity index (χ1n) is 11.9. The number of carboxylic acid groups (broad SMARTS) is 1. The molecule has 0 spiro atoms. The van der Waals surface area contributed by atoms with Gasteiger partial charge >= 0.3 is 12.1 Å². The standard InChI is InChI=1S/C27H32N2O5/c1-17(13-14-24(30)31)28-25(32)27(2)15-7-12-23(27)29-26(33)34-16-22-20-10-5-3-8-18(20)19-9-4-6-11-21(19)22/h3-6,8-11,17,22-23H,7,12-16H2,1-2H3,(H,28,32)(H,29,33)(H,30,31). The summed E-state index contributed by atoms with van der Waals surface area (Å²) in [6.07, 6.45) is 2.01. The molecule has 3 N–H and O–H groups in total. The molecule has 3 unspecified atom stereocenters. The van der Waals surface area contributed by atoms with Gasteiger partial charge in [-0.3, -0.25) is 9.59 Å². The molecule has 7 heteroatoms. The minimum absolute atomic E-state index is 0.000407. The van der Waals surface area contributed by atoms with E-state index in [2.05, 4.69) is 34.9 Å². The van der Waals surface area contributed by atoms with Gasteiger partial charge in [-0.05, 0) is 55.4 Å². The van der Waals surface area contributed by atoms with E-state index in [4.69, 9.17) is 9.84 Å². The molecule has 2 aliphatic carbocycles. The average Bonchev–Trinajstić information content (AvgIpc) is 3.35. The minimum atomic E-state index is -0.886. The molecule has 2 aromatic carbocycles. The predicted molar refractivity (Wildman–Crippen MR) is 128 cm³/mol. The Balaban J connectivity index is 1.36. The van der Waals surface area contributed by atoms with Gasteiger partial charge in [-0.1, -0.05) is 55.0 Å². The Labute approximate surface area is 199 Å². The second kappa shape index (κ2) is 9.87. The van der Waals surface area contributed by atoms with Gasteiger partial charge in [0.1, 0.15) is 6.61 Å². The predicted octanol–water partition coefficient (Wildman–Crippen LogP) is 4.45. The zero-order valence-electron chi connectivity index (χ0n) is 19.7. The summed E-state index contributed by atoms with van der Waals surface area (Å²) in [5.41, 5.74) is 3.88. The van der Waals surface area contributed by atoms with Crippen LogP contribution in [0.25, 0.3) is 11.1 Å². The number of rotatable bonds is 8. The lowest BCUT2D eigenvalue weighted by Crippen LogP contribution is -2.52. The number of carbonyl (C=O) groups is 3. The lowest BCUT2D eigenvalue weighted by atomic mass is 9.83. The van der Waals surface area contributed by atoms with E-state index in [1.165, 1.54) is 11.1 Å². The number of benzene rings is 2. The summed E-state index contributed by atoms with van der Waals surface area (Å²) in [6, 6.07) is 15.8. The van der Waals surface area contributed by atoms with Gasteiger partial charge in [0.2, 0.25) is 5.91 Å². The Bertz CT molecular complexity index is 1040. The van der Waals surface area contributed by atoms with Crippen molar-refractivity contribution in [3.63, 3.8) is 0 Å². The third-order valence-electron chi connectivity index (χ3n) is 7.28. The third-order valence-corrected chi connectivity index (χ3v) is 7.28. The van der Waals surface area contributed by atoms with Gasteiger partial charge in [-0.2, -0.15) is 0 Å². The molecule has 34 heavy (non-hydrogen) atoms. The zero-order chi connectivity index (χ0) is 24.3. The van der Waals surface area contributed by atoms with E-state index in [1.54, 1.807) is 6.92 Å². The van der Waals surface area contributed by atoms with Crippen molar-refractivity contribution in [1.29, 1.82) is 0 Å². The molecule has 2 amide bonds. The summed E-state index contributed by atoms with van der Waals surface area (Å²) in [4.78, 5) is 36.6. The molecular weight excluding hydrogens is 432 g/mol. The lowest BCUT2D eigenvalue weighted by molar-refractivity contribution is -0.138. The number of carboxylic acids is 1. The van der Waals surface area contributed by atoms with Crippen LogP contribution in [0.15, 0.2) is 48.5 Å². The maximum Gasteiger partial charge on any atom is 0.407 e. The van der Waals surface area contributed by atoms with Crippen molar-refractivity contribution < 1.29 is 24.2 Å². The summed E-state index contributed by atoms with van der Waals surface area (Å²) in [7, 11) is 0. The van der Waals surface area contributed by atoms with Crippen LogP contribution in [0.4, 0.5) is 4.79 Å². The van der Waals surface area contributed by atoms with Crippen LogP contribution in [0.3, 0.4) is 0 Å². The van der Waals surface area contributed by atoms with Gasteiger partial charge in [-0.15, -0.1) is 0 Å². The van der Waals surface area contributed by atoms with E-state index < -0.39 is 17.5 Å². The molecule has 7 nitrogen and oxygen atoms in total. The number of hydrogen-bond acceptors (Lipinski definition) is 4. The molecule has 0 radical (unpaired) electrons. The summed E-state index contributed by atoms with van der Waals surface area (Å²) < 4.78 is 5.67. The Morgan fingerprint density at radius 3 is 2.32 bits per heavy atom. The molecule has 2 aromatic rings. The van der Waals surface area contributed by atoms with Crippen LogP contribution in [0.5, 0.6) is 0 Å². The molecule has 0 aliphatic heterocycles. The van der Waals surface area contributed by atoms with Crippen LogP contribution in [0.2, 0.25) is 0 Å². The molecule has 1 saturated carbocycles. The van der Waals surface area contributed by atoms with Crippen LogP contribution in [-0.2, 0) is 14.3 Å². The number of alkyl carbamates (subject to hydrolysis) is 1. The number of fused-ring (bicyclic) bond motifs is 3. The molecule has 0 saturated heterocycles. The van der Waals surface area contributed by atoms with Crippen LogP contribution < -0.4 is 10.6 Å². The SMILES string of the molecule is CC(CCC(=O)O)NC(=O)C1(C)CCCC1NC(=O)OCC1c2ccccc2-c2ccccc21. The van der Waals surface area contributed by atoms with E-state index in [-0.39, 0.29) is 36.9 Å². The lowest BCUT2D eigenvalue weighted by Gasteiger charge is -2.32. The molecule has 180 valence electrons. The van der Waals surface area contributed by atoms with Crippen molar-refractivity contribution in [2.75, 3.05) is 6.61 Å². The Morgan fingerprint density at radius 1 is 1.09 bits per heavy atom. The normalized spacial score (nSPS) is 21.9. The Kier molecular flexibility index (Phi) is 6.91. The van der Waals surface area contributed by atoms with Gasteiger partial charge in [0.05, 0.1) is 5.41 Å². The van der Waals surface area contributed by atoms with Crippen molar-refractivity contribution in [2.24, 2.45) is 5.41 Å². The maximum absolute atomic E-state index is 13.0. The number of hydrogen-bond donors (Lipinski definition) is 3. The number of amides is 2. The molecule has 4 rings (SSSR count). The number of carbonyl (C=O) groups excluding carboxylic acids is 2. The second-order valence-electron chi connectivity index (χ2n) is 9.64. The van der Waals surface area contributed by atoms with E-state index in [0.717, 1.165) is 17.5 Å². The zero-order valence-corrected chi connectivity index (χ0v) is 19.7. The molecule has 0 aromatic heterocycles. The van der Waals surface area contributed by atoms with Gasteiger partial charge in [-0.25, -0.2) is 4.79 Å². The topological polar surface area (TPSA) is 105 Å². The van der Waals surface area contributed by atoms with Crippen LogP contribution in [0.1, 0.15) is 63.0 Å². The first-order chi connectivity index (χ1) is 16.3. The smallest absolute Gasteiger partial charge is 0.407 e. The highest BCUT2D eigenvalue weighted by molar-refractivity contribution is 5.85. The molecule has 0 heterocycles. The van der Waals surface area contributed by atoms with E-state index in [0.29, 0.717) is 19.3 Å². The van der Waals surface area contributed by atoms with Gasteiger partial charge in [0.25, 0.3) is 0 Å². The number of ether oxygens (including phenoxy) is 1. The number of nitrogens with one attached hydrogen (secondary N) is 2. The molecule has 3 atom stereocenters. The van der Waals surface area contributed by atoms with Gasteiger partial charge in [0, 0.05) is 24.4 Å². The van der Waals surface area contributed by atoms with Crippen LogP contribution >= 0.6 is 0 Å². The first kappa shape index (κ1) is 23.8. The molecule has 2 aliphatic rings. The molecule has 1 fully saturated rings. The number of aliphatic carboxylic acids is 1. The quantitative estimate of drug-likeness (QED) is 0.535.